The summed E-state index contributed by atoms with van der Waals surface area (Å²) in [7, 11) is 0. The minimum absolute atomic E-state index is 0.713. The molecule has 0 aliphatic carbocycles. The van der Waals surface area contributed by atoms with Gasteiger partial charge in [-0.2, -0.15) is 0 Å². The normalized spacial score (nSPS) is 10.7. The van der Waals surface area contributed by atoms with Crippen molar-refractivity contribution in [2.75, 3.05) is 10.6 Å². The van der Waals surface area contributed by atoms with Gasteiger partial charge in [0.1, 0.15) is 18.0 Å². The molecule has 0 aliphatic heterocycles. The van der Waals surface area contributed by atoms with Crippen LogP contribution in [0, 0.1) is 13.8 Å². The highest BCUT2D eigenvalue weighted by atomic mass is 15.1. The zero-order chi connectivity index (χ0) is 17.9. The highest BCUT2D eigenvalue weighted by Gasteiger charge is 2.05. The van der Waals surface area contributed by atoms with Crippen molar-refractivity contribution in [2.45, 2.75) is 13.8 Å². The largest absolute Gasteiger partial charge is 0.340 e. The number of nitrogens with zero attached hydrogens (tertiary/aromatic N) is 3. The van der Waals surface area contributed by atoms with Crippen LogP contribution >= 0.6 is 0 Å². The van der Waals surface area contributed by atoms with E-state index in [1.54, 1.807) is 12.5 Å². The molecule has 0 amide bonds. The van der Waals surface area contributed by atoms with Crippen molar-refractivity contribution in [1.82, 2.24) is 15.0 Å². The van der Waals surface area contributed by atoms with Gasteiger partial charge in [-0.25, -0.2) is 9.97 Å². The maximum atomic E-state index is 4.47. The summed E-state index contributed by atoms with van der Waals surface area (Å²) < 4.78 is 0. The van der Waals surface area contributed by atoms with Crippen molar-refractivity contribution >= 4 is 33.9 Å². The Balaban J connectivity index is 1.61. The number of para-hydroxylation sites is 1. The number of anilines is 4. The molecule has 0 radical (unpaired) electrons. The molecule has 5 heteroatoms. The number of hydrogen-bond donors (Lipinski definition) is 2. The highest BCUT2D eigenvalue weighted by molar-refractivity contribution is 5.91. The van der Waals surface area contributed by atoms with E-state index in [-0.39, 0.29) is 0 Å². The van der Waals surface area contributed by atoms with E-state index in [9.17, 15) is 0 Å². The van der Waals surface area contributed by atoms with Crippen LogP contribution in [0.15, 0.2) is 67.1 Å². The number of pyridine rings is 1. The van der Waals surface area contributed by atoms with Crippen molar-refractivity contribution in [3.05, 3.63) is 78.2 Å². The Hall–Kier alpha value is -3.47. The first-order chi connectivity index (χ1) is 12.7. The number of aryl methyl sites for hydroxylation is 2. The second-order valence-electron chi connectivity index (χ2n) is 6.30. The van der Waals surface area contributed by atoms with E-state index >= 15 is 0 Å². The lowest BCUT2D eigenvalue weighted by atomic mass is 10.1. The first-order valence-corrected chi connectivity index (χ1v) is 8.45. The molecule has 0 aliphatic rings. The van der Waals surface area contributed by atoms with E-state index in [1.165, 1.54) is 11.1 Å². The number of rotatable bonds is 4. The summed E-state index contributed by atoms with van der Waals surface area (Å²) in [5, 5.41) is 7.77. The number of aromatic nitrogens is 3. The Kier molecular flexibility index (Phi) is 4.19. The molecule has 0 unspecified atom stereocenters. The summed E-state index contributed by atoms with van der Waals surface area (Å²) in [5.41, 5.74) is 5.26. The average Bonchev–Trinajstić information content (AvgIpc) is 2.61. The van der Waals surface area contributed by atoms with Crippen LogP contribution in [0.3, 0.4) is 0 Å². The fourth-order valence-electron chi connectivity index (χ4n) is 3.03. The van der Waals surface area contributed by atoms with Crippen LogP contribution in [0.5, 0.6) is 0 Å². The van der Waals surface area contributed by atoms with Crippen LogP contribution in [-0.2, 0) is 0 Å². The molecule has 0 spiro atoms. The predicted molar refractivity (Wildman–Crippen MR) is 106 cm³/mol. The number of nitrogens with one attached hydrogen (secondary N) is 2. The summed E-state index contributed by atoms with van der Waals surface area (Å²) in [6, 6.07) is 18.2. The lowest BCUT2D eigenvalue weighted by molar-refractivity contribution is 1.17. The smallest absolute Gasteiger partial charge is 0.135 e. The third-order valence-corrected chi connectivity index (χ3v) is 4.06. The van der Waals surface area contributed by atoms with Crippen molar-refractivity contribution in [2.24, 2.45) is 0 Å². The van der Waals surface area contributed by atoms with Gasteiger partial charge >= 0.3 is 0 Å². The van der Waals surface area contributed by atoms with E-state index in [0.717, 1.165) is 28.1 Å². The van der Waals surface area contributed by atoms with Crippen LogP contribution in [0.1, 0.15) is 11.1 Å². The Morgan fingerprint density at radius 2 is 1.46 bits per heavy atom. The van der Waals surface area contributed by atoms with E-state index in [4.69, 9.17) is 0 Å². The average molecular weight is 341 g/mol. The first-order valence-electron chi connectivity index (χ1n) is 8.45. The van der Waals surface area contributed by atoms with Gasteiger partial charge in [0.15, 0.2) is 0 Å². The van der Waals surface area contributed by atoms with Gasteiger partial charge in [-0.15, -0.1) is 0 Å². The van der Waals surface area contributed by atoms with Crippen molar-refractivity contribution in [1.29, 1.82) is 0 Å². The van der Waals surface area contributed by atoms with E-state index < -0.39 is 0 Å². The Morgan fingerprint density at radius 3 is 2.27 bits per heavy atom. The maximum absolute atomic E-state index is 4.47. The lowest BCUT2D eigenvalue weighted by Gasteiger charge is -2.11. The predicted octanol–water partition coefficient (Wildman–Crippen LogP) is 5.13. The third-order valence-electron chi connectivity index (χ3n) is 4.06. The summed E-state index contributed by atoms with van der Waals surface area (Å²) in [6.45, 7) is 4.16. The molecule has 0 bridgehead atoms. The lowest BCUT2D eigenvalue weighted by Crippen LogP contribution is -1.99. The van der Waals surface area contributed by atoms with Crippen LogP contribution in [-0.4, -0.2) is 15.0 Å². The quantitative estimate of drug-likeness (QED) is 0.539. The van der Waals surface area contributed by atoms with Gasteiger partial charge in [0.25, 0.3) is 0 Å². The standard InChI is InChI=1S/C21H19N5/c1-14-9-15(2)11-17(10-14)25-19-12-20(24-13-23-19)26-18-7-3-5-16-6-4-8-22-21(16)18/h3-13H,1-2H3,(H2,23,24,25,26). The molecule has 2 aromatic carbocycles. The summed E-state index contributed by atoms with van der Waals surface area (Å²) in [4.78, 5) is 13.1. The third kappa shape index (κ3) is 3.47. The molecule has 26 heavy (non-hydrogen) atoms. The fourth-order valence-corrected chi connectivity index (χ4v) is 3.03. The molecule has 0 saturated carbocycles. The second kappa shape index (κ2) is 6.80. The van der Waals surface area contributed by atoms with E-state index in [0.29, 0.717) is 5.82 Å². The topological polar surface area (TPSA) is 62.7 Å². The summed E-state index contributed by atoms with van der Waals surface area (Å²) in [6.07, 6.45) is 3.34. The van der Waals surface area contributed by atoms with Crippen LogP contribution in [0.25, 0.3) is 10.9 Å². The van der Waals surface area contributed by atoms with Gasteiger partial charge in [-0.05, 0) is 49.2 Å². The molecule has 2 heterocycles. The molecule has 128 valence electrons. The van der Waals surface area contributed by atoms with Crippen LogP contribution in [0.4, 0.5) is 23.0 Å². The minimum Gasteiger partial charge on any atom is -0.340 e. The SMILES string of the molecule is Cc1cc(C)cc(Nc2cc(Nc3cccc4cccnc34)ncn2)c1. The molecule has 4 rings (SSSR count). The zero-order valence-corrected chi connectivity index (χ0v) is 14.7. The molecule has 0 fully saturated rings. The molecular weight excluding hydrogens is 322 g/mol. The van der Waals surface area contributed by atoms with Crippen molar-refractivity contribution < 1.29 is 0 Å². The van der Waals surface area contributed by atoms with Gasteiger partial charge in [0, 0.05) is 23.3 Å². The fraction of sp³-hybridized carbons (Fsp3) is 0.0952. The molecule has 4 aromatic rings. The van der Waals surface area contributed by atoms with Crippen molar-refractivity contribution in [3.8, 4) is 0 Å². The van der Waals surface area contributed by atoms with Crippen LogP contribution in [0.2, 0.25) is 0 Å². The summed E-state index contributed by atoms with van der Waals surface area (Å²) in [5.74, 6) is 1.45. The van der Waals surface area contributed by atoms with Crippen LogP contribution < -0.4 is 10.6 Å². The van der Waals surface area contributed by atoms with Gasteiger partial charge < -0.3 is 10.6 Å². The second-order valence-corrected chi connectivity index (χ2v) is 6.30. The molecule has 2 aromatic heterocycles. The van der Waals surface area contributed by atoms with E-state index in [1.807, 2.05) is 36.4 Å². The molecule has 5 nitrogen and oxygen atoms in total. The Labute approximate surface area is 152 Å². The van der Waals surface area contributed by atoms with E-state index in [2.05, 4.69) is 57.6 Å². The zero-order valence-electron chi connectivity index (χ0n) is 14.7. The van der Waals surface area contributed by atoms with Crippen molar-refractivity contribution in [3.63, 3.8) is 0 Å². The Morgan fingerprint density at radius 1 is 0.731 bits per heavy atom. The molecule has 0 atom stereocenters. The molecule has 0 saturated heterocycles. The van der Waals surface area contributed by atoms with Gasteiger partial charge in [-0.1, -0.05) is 24.3 Å². The minimum atomic E-state index is 0.713. The Bertz CT molecular complexity index is 1050. The highest BCUT2D eigenvalue weighted by Crippen LogP contribution is 2.25. The molecular formula is C21H19N5. The molecule has 2 N–H and O–H groups in total. The first kappa shape index (κ1) is 16.0. The number of hydrogen-bond acceptors (Lipinski definition) is 5. The monoisotopic (exact) mass is 341 g/mol. The van der Waals surface area contributed by atoms with Gasteiger partial charge in [0.05, 0.1) is 11.2 Å². The maximum Gasteiger partial charge on any atom is 0.135 e. The van der Waals surface area contributed by atoms with Gasteiger partial charge in [0.2, 0.25) is 0 Å². The van der Waals surface area contributed by atoms with Gasteiger partial charge in [-0.3, -0.25) is 4.98 Å². The summed E-state index contributed by atoms with van der Waals surface area (Å²) >= 11 is 0. The number of fused-ring (bicyclic) bond motifs is 1. The number of benzene rings is 2.